The molecule has 0 spiro atoms. The highest BCUT2D eigenvalue weighted by atomic mass is 16.1. The molecule has 3 fully saturated rings. The van der Waals surface area contributed by atoms with E-state index < -0.39 is 0 Å². The van der Waals surface area contributed by atoms with Gasteiger partial charge in [-0.3, -0.25) is 4.79 Å². The largest absolute Gasteiger partial charge is 0.375 e. The maximum Gasteiger partial charge on any atom is 0.161 e. The fraction of sp³-hybridized carbons (Fsp3) is 0.786. The van der Waals surface area contributed by atoms with Crippen LogP contribution in [0.3, 0.4) is 0 Å². The number of carbonyl (C=O) groups excluding carboxylic acids is 1. The first-order valence-electron chi connectivity index (χ1n) is 6.52. The van der Waals surface area contributed by atoms with Gasteiger partial charge in [0.2, 0.25) is 0 Å². The molecule has 1 aliphatic heterocycles. The minimum Gasteiger partial charge on any atom is -0.375 e. The van der Waals surface area contributed by atoms with E-state index in [9.17, 15) is 4.79 Å². The van der Waals surface area contributed by atoms with Crippen LogP contribution in [0.5, 0.6) is 0 Å². The van der Waals surface area contributed by atoms with E-state index >= 15 is 0 Å². The number of fused-ring (bicyclic) bond motifs is 1. The summed E-state index contributed by atoms with van der Waals surface area (Å²) in [6.45, 7) is 9.09. The second-order valence-electron chi connectivity index (χ2n) is 6.23. The molecule has 0 aromatic rings. The van der Waals surface area contributed by atoms with Gasteiger partial charge >= 0.3 is 0 Å². The Bertz CT molecular complexity index is 374. The normalized spacial score (nSPS) is 38.9. The van der Waals surface area contributed by atoms with E-state index in [1.54, 1.807) is 0 Å². The molecule has 2 aliphatic carbocycles. The fourth-order valence-corrected chi connectivity index (χ4v) is 3.83. The summed E-state index contributed by atoms with van der Waals surface area (Å²) in [6.07, 6.45) is 3.38. The summed E-state index contributed by atoms with van der Waals surface area (Å²) in [5.74, 6) is 1.65. The predicted molar refractivity (Wildman–Crippen MR) is 63.9 cm³/mol. The molecule has 3 rings (SSSR count). The Labute approximate surface area is 97.7 Å². The molecule has 0 N–H and O–H groups in total. The van der Waals surface area contributed by atoms with Crippen molar-refractivity contribution < 1.29 is 4.79 Å². The molecule has 16 heavy (non-hydrogen) atoms. The molecule has 2 atom stereocenters. The van der Waals surface area contributed by atoms with E-state index in [2.05, 4.69) is 25.7 Å². The topological polar surface area (TPSA) is 20.3 Å². The average molecular weight is 219 g/mol. The Morgan fingerprint density at radius 1 is 1.31 bits per heavy atom. The summed E-state index contributed by atoms with van der Waals surface area (Å²) in [6, 6.07) is 0. The lowest BCUT2D eigenvalue weighted by molar-refractivity contribution is -0.115. The summed E-state index contributed by atoms with van der Waals surface area (Å²) < 4.78 is 0. The van der Waals surface area contributed by atoms with Crippen LogP contribution in [0.15, 0.2) is 11.3 Å². The van der Waals surface area contributed by atoms with E-state index in [0.29, 0.717) is 23.0 Å². The van der Waals surface area contributed by atoms with E-state index in [-0.39, 0.29) is 0 Å². The van der Waals surface area contributed by atoms with Crippen molar-refractivity contribution in [1.82, 2.24) is 4.90 Å². The Kier molecular flexibility index (Phi) is 2.02. The van der Waals surface area contributed by atoms with Crippen LogP contribution in [0.25, 0.3) is 0 Å². The summed E-state index contributed by atoms with van der Waals surface area (Å²) >= 11 is 0. The SMILES string of the molecule is C/C(=C1\C(=O)C[C@@H]2[C@H]1C2(C)C)N1CCCC1. The number of nitrogens with zero attached hydrogens (tertiary/aromatic N) is 1. The van der Waals surface area contributed by atoms with E-state index in [1.165, 1.54) is 24.1 Å². The third-order valence-electron chi connectivity index (χ3n) is 5.04. The van der Waals surface area contributed by atoms with E-state index in [1.807, 2.05) is 0 Å². The molecule has 0 bridgehead atoms. The van der Waals surface area contributed by atoms with Crippen molar-refractivity contribution >= 4 is 5.78 Å². The fourth-order valence-electron chi connectivity index (χ4n) is 3.83. The number of Topliss-reactive ketones (excluding diaryl/α,β-unsaturated/α-hetero) is 1. The highest BCUT2D eigenvalue weighted by molar-refractivity contribution is 6.01. The lowest BCUT2D eigenvalue weighted by atomic mass is 9.95. The molecule has 2 saturated carbocycles. The Balaban J connectivity index is 1.92. The minimum absolute atomic E-state index is 0.393. The van der Waals surface area contributed by atoms with Crippen molar-refractivity contribution in [2.45, 2.75) is 40.0 Å². The minimum atomic E-state index is 0.393. The molecule has 0 amide bonds. The molecule has 0 unspecified atom stereocenters. The van der Waals surface area contributed by atoms with Crippen LogP contribution < -0.4 is 0 Å². The number of hydrogen-bond donors (Lipinski definition) is 0. The predicted octanol–water partition coefficient (Wildman–Crippen LogP) is 2.60. The maximum atomic E-state index is 12.0. The Hall–Kier alpha value is -0.790. The molecule has 88 valence electrons. The summed E-state index contributed by atoms with van der Waals surface area (Å²) in [5.41, 5.74) is 2.86. The molecule has 0 aromatic heterocycles. The molecule has 3 aliphatic rings. The van der Waals surface area contributed by atoms with Crippen LogP contribution in [0.2, 0.25) is 0 Å². The first-order valence-corrected chi connectivity index (χ1v) is 6.52. The smallest absolute Gasteiger partial charge is 0.161 e. The lowest BCUT2D eigenvalue weighted by Gasteiger charge is -2.22. The first kappa shape index (κ1) is 10.4. The zero-order valence-electron chi connectivity index (χ0n) is 10.5. The first-order chi connectivity index (χ1) is 7.53. The third kappa shape index (κ3) is 1.22. The van der Waals surface area contributed by atoms with Crippen molar-refractivity contribution in [1.29, 1.82) is 0 Å². The van der Waals surface area contributed by atoms with Gasteiger partial charge in [-0.2, -0.15) is 0 Å². The second kappa shape index (κ2) is 3.12. The third-order valence-corrected chi connectivity index (χ3v) is 5.04. The lowest BCUT2D eigenvalue weighted by Crippen LogP contribution is -2.21. The standard InChI is InChI=1S/C14H21NO/c1-9(15-6-4-5-7-15)12-11(16)8-10-13(12)14(10,2)3/h10,13H,4-8H2,1-3H3/b12-9-/t10-,13-/m1/s1. The van der Waals surface area contributed by atoms with Gasteiger partial charge in [0.15, 0.2) is 5.78 Å². The van der Waals surface area contributed by atoms with Crippen LogP contribution >= 0.6 is 0 Å². The second-order valence-corrected chi connectivity index (χ2v) is 6.23. The van der Waals surface area contributed by atoms with Crippen LogP contribution in [0.4, 0.5) is 0 Å². The van der Waals surface area contributed by atoms with Gasteiger partial charge in [-0.25, -0.2) is 0 Å². The van der Waals surface area contributed by atoms with Crippen molar-refractivity contribution in [3.8, 4) is 0 Å². The highest BCUT2D eigenvalue weighted by Crippen LogP contribution is 2.68. The van der Waals surface area contributed by atoms with Gasteiger partial charge in [-0.1, -0.05) is 13.8 Å². The zero-order valence-corrected chi connectivity index (χ0v) is 10.5. The molecule has 2 heteroatoms. The number of rotatable bonds is 1. The van der Waals surface area contributed by atoms with Crippen LogP contribution in [0, 0.1) is 17.3 Å². The molecule has 0 radical (unpaired) electrons. The highest BCUT2D eigenvalue weighted by Gasteiger charge is 2.65. The summed E-state index contributed by atoms with van der Waals surface area (Å²) in [5, 5.41) is 0. The van der Waals surface area contributed by atoms with Crippen LogP contribution in [-0.2, 0) is 4.79 Å². The van der Waals surface area contributed by atoms with Gasteiger partial charge in [-0.05, 0) is 37.0 Å². The quantitative estimate of drug-likeness (QED) is 0.632. The number of likely N-dealkylation sites (tertiary alicyclic amines) is 1. The summed E-state index contributed by atoms with van der Waals surface area (Å²) in [7, 11) is 0. The Morgan fingerprint density at radius 3 is 2.50 bits per heavy atom. The molecule has 2 nitrogen and oxygen atoms in total. The molecule has 0 aromatic carbocycles. The van der Waals surface area contributed by atoms with Gasteiger partial charge in [-0.15, -0.1) is 0 Å². The summed E-state index contributed by atoms with van der Waals surface area (Å²) in [4.78, 5) is 14.4. The van der Waals surface area contributed by atoms with Crippen molar-refractivity contribution in [2.24, 2.45) is 17.3 Å². The average Bonchev–Trinajstić information content (AvgIpc) is 2.71. The van der Waals surface area contributed by atoms with E-state index in [0.717, 1.165) is 19.5 Å². The van der Waals surface area contributed by atoms with Crippen LogP contribution in [0.1, 0.15) is 40.0 Å². The van der Waals surface area contributed by atoms with Gasteiger partial charge < -0.3 is 4.90 Å². The van der Waals surface area contributed by atoms with Crippen molar-refractivity contribution in [3.05, 3.63) is 11.3 Å². The van der Waals surface area contributed by atoms with Gasteiger partial charge in [0, 0.05) is 30.8 Å². The Morgan fingerprint density at radius 2 is 1.94 bits per heavy atom. The number of hydrogen-bond acceptors (Lipinski definition) is 2. The molecular weight excluding hydrogens is 198 g/mol. The number of ketones is 1. The van der Waals surface area contributed by atoms with Crippen molar-refractivity contribution in [3.63, 3.8) is 0 Å². The van der Waals surface area contributed by atoms with Gasteiger partial charge in [0.05, 0.1) is 0 Å². The zero-order chi connectivity index (χ0) is 11.5. The molecule has 1 heterocycles. The van der Waals surface area contributed by atoms with Gasteiger partial charge in [0.25, 0.3) is 0 Å². The molecule has 1 saturated heterocycles. The van der Waals surface area contributed by atoms with Crippen molar-refractivity contribution in [2.75, 3.05) is 13.1 Å². The monoisotopic (exact) mass is 219 g/mol. The number of allylic oxidation sites excluding steroid dienone is 2. The maximum absolute atomic E-state index is 12.0. The number of carbonyl (C=O) groups is 1. The van der Waals surface area contributed by atoms with Crippen LogP contribution in [-0.4, -0.2) is 23.8 Å². The van der Waals surface area contributed by atoms with Gasteiger partial charge in [0.1, 0.15) is 0 Å². The molecular formula is C14H21NO. The van der Waals surface area contributed by atoms with E-state index in [4.69, 9.17) is 0 Å².